The number of nitrogens with zero attached hydrogens (tertiary/aromatic N) is 3. The van der Waals surface area contributed by atoms with E-state index in [0.717, 1.165) is 17.7 Å². The third-order valence-electron chi connectivity index (χ3n) is 4.54. The van der Waals surface area contributed by atoms with Crippen molar-refractivity contribution >= 4 is 17.5 Å². The van der Waals surface area contributed by atoms with Gasteiger partial charge in [-0.25, -0.2) is 4.98 Å². The smallest absolute Gasteiger partial charge is 0.274 e. The number of rotatable bonds is 7. The Morgan fingerprint density at radius 3 is 2.58 bits per heavy atom. The second kappa shape index (κ2) is 9.08. The van der Waals surface area contributed by atoms with Crippen LogP contribution in [-0.2, 0) is 4.79 Å². The van der Waals surface area contributed by atoms with Crippen molar-refractivity contribution in [2.75, 3.05) is 11.9 Å². The quantitative estimate of drug-likeness (QED) is 0.827. The summed E-state index contributed by atoms with van der Waals surface area (Å²) in [4.78, 5) is 34.7. The molecule has 1 heterocycles. The van der Waals surface area contributed by atoms with Gasteiger partial charge >= 0.3 is 0 Å². The van der Waals surface area contributed by atoms with E-state index in [2.05, 4.69) is 15.3 Å². The molecule has 0 radical (unpaired) electrons. The Morgan fingerprint density at radius 1 is 1.19 bits per heavy atom. The highest BCUT2D eigenvalue weighted by molar-refractivity contribution is 5.94. The summed E-state index contributed by atoms with van der Waals surface area (Å²) in [5.41, 5.74) is 3.37. The van der Waals surface area contributed by atoms with E-state index < -0.39 is 0 Å². The molecule has 1 atom stereocenters. The highest BCUT2D eigenvalue weighted by Gasteiger charge is 2.22. The summed E-state index contributed by atoms with van der Waals surface area (Å²) in [6.07, 6.45) is 5.50. The summed E-state index contributed by atoms with van der Waals surface area (Å²) in [5.74, 6) is -0.320. The third kappa shape index (κ3) is 5.12. The Kier molecular flexibility index (Phi) is 6.83. The molecule has 1 N–H and O–H groups in total. The molecule has 0 saturated carbocycles. The Morgan fingerprint density at radius 2 is 1.96 bits per heavy atom. The monoisotopic (exact) mass is 354 g/mol. The van der Waals surface area contributed by atoms with Crippen LogP contribution in [0.1, 0.15) is 48.3 Å². The molecule has 6 heteroatoms. The van der Waals surface area contributed by atoms with Crippen molar-refractivity contribution in [3.05, 3.63) is 53.6 Å². The summed E-state index contributed by atoms with van der Waals surface area (Å²) in [5, 5.41) is 2.90. The molecule has 0 bridgehead atoms. The second-order valence-electron chi connectivity index (χ2n) is 6.44. The van der Waals surface area contributed by atoms with Crippen molar-refractivity contribution in [2.24, 2.45) is 0 Å². The van der Waals surface area contributed by atoms with E-state index in [0.29, 0.717) is 12.2 Å². The summed E-state index contributed by atoms with van der Waals surface area (Å²) < 4.78 is 0. The summed E-state index contributed by atoms with van der Waals surface area (Å²) in [6.45, 7) is 8.35. The van der Waals surface area contributed by atoms with Crippen molar-refractivity contribution in [3.63, 3.8) is 0 Å². The molecule has 1 aromatic carbocycles. The average Bonchev–Trinajstić information content (AvgIpc) is 2.65. The normalized spacial score (nSPS) is 11.7. The maximum absolute atomic E-state index is 12.7. The largest absolute Gasteiger partial charge is 0.334 e. The zero-order chi connectivity index (χ0) is 19.1. The summed E-state index contributed by atoms with van der Waals surface area (Å²) in [6, 6.07) is 5.83. The average molecular weight is 354 g/mol. The molecule has 0 aliphatic rings. The van der Waals surface area contributed by atoms with Gasteiger partial charge in [0.25, 0.3) is 5.91 Å². The standard InChI is InChI=1S/C20H26N4O2/c1-5-16(4)24(20(26)18-13-21-9-10-22-18)11-8-19(25)23-17-7-6-14(2)15(3)12-17/h6-7,9-10,12-13,16H,5,8,11H2,1-4H3,(H,23,25). The number of carbonyl (C=O) groups excluding carboxylic acids is 2. The number of benzene rings is 1. The molecule has 0 fully saturated rings. The first-order chi connectivity index (χ1) is 12.4. The lowest BCUT2D eigenvalue weighted by Crippen LogP contribution is -2.40. The molecule has 0 saturated heterocycles. The summed E-state index contributed by atoms with van der Waals surface area (Å²) in [7, 11) is 0. The van der Waals surface area contributed by atoms with E-state index >= 15 is 0 Å². The lowest BCUT2D eigenvalue weighted by Gasteiger charge is -2.28. The number of hydrogen-bond donors (Lipinski definition) is 1. The maximum atomic E-state index is 12.7. The van der Waals surface area contributed by atoms with Crippen molar-refractivity contribution < 1.29 is 9.59 Å². The van der Waals surface area contributed by atoms with Gasteiger partial charge in [0.2, 0.25) is 5.91 Å². The lowest BCUT2D eigenvalue weighted by molar-refractivity contribution is -0.116. The van der Waals surface area contributed by atoms with E-state index in [-0.39, 0.29) is 24.3 Å². The van der Waals surface area contributed by atoms with Gasteiger partial charge in [0.05, 0.1) is 6.20 Å². The Balaban J connectivity index is 2.01. The first kappa shape index (κ1) is 19.6. The lowest BCUT2D eigenvalue weighted by atomic mass is 10.1. The zero-order valence-electron chi connectivity index (χ0n) is 15.8. The first-order valence-corrected chi connectivity index (χ1v) is 8.86. The molecule has 6 nitrogen and oxygen atoms in total. The van der Waals surface area contributed by atoms with Crippen molar-refractivity contribution in [1.29, 1.82) is 0 Å². The van der Waals surface area contributed by atoms with Crippen LogP contribution in [0.3, 0.4) is 0 Å². The molecule has 1 unspecified atom stereocenters. The molecule has 2 aromatic rings. The van der Waals surface area contributed by atoms with Gasteiger partial charge in [0, 0.05) is 37.1 Å². The molecule has 138 valence electrons. The fraction of sp³-hybridized carbons (Fsp3) is 0.400. The van der Waals surface area contributed by atoms with Crippen molar-refractivity contribution in [2.45, 2.75) is 46.6 Å². The van der Waals surface area contributed by atoms with Gasteiger partial charge < -0.3 is 10.2 Å². The number of aryl methyl sites for hydroxylation is 2. The van der Waals surface area contributed by atoms with E-state index in [1.54, 1.807) is 4.90 Å². The topological polar surface area (TPSA) is 75.2 Å². The fourth-order valence-corrected chi connectivity index (χ4v) is 2.56. The minimum Gasteiger partial charge on any atom is -0.334 e. The molecule has 2 amide bonds. The van der Waals surface area contributed by atoms with Crippen LogP contribution in [0.25, 0.3) is 0 Å². The molecular weight excluding hydrogens is 328 g/mol. The SMILES string of the molecule is CCC(C)N(CCC(=O)Nc1ccc(C)c(C)c1)C(=O)c1cnccn1. The van der Waals surface area contributed by atoms with Crippen LogP contribution in [0.2, 0.25) is 0 Å². The van der Waals surface area contributed by atoms with Crippen molar-refractivity contribution in [1.82, 2.24) is 14.9 Å². The van der Waals surface area contributed by atoms with Gasteiger partial charge in [-0.2, -0.15) is 0 Å². The Hall–Kier alpha value is -2.76. The van der Waals surface area contributed by atoms with E-state index in [4.69, 9.17) is 0 Å². The van der Waals surface area contributed by atoms with Gasteiger partial charge in [-0.1, -0.05) is 13.0 Å². The minimum absolute atomic E-state index is 0.0129. The van der Waals surface area contributed by atoms with Crippen LogP contribution >= 0.6 is 0 Å². The third-order valence-corrected chi connectivity index (χ3v) is 4.54. The number of amides is 2. The van der Waals surface area contributed by atoms with E-state index in [1.807, 2.05) is 45.9 Å². The van der Waals surface area contributed by atoms with E-state index in [1.165, 1.54) is 24.2 Å². The maximum Gasteiger partial charge on any atom is 0.274 e. The molecule has 0 spiro atoms. The summed E-state index contributed by atoms with van der Waals surface area (Å²) >= 11 is 0. The molecule has 0 aliphatic heterocycles. The van der Waals surface area contributed by atoms with Crippen LogP contribution in [0.4, 0.5) is 5.69 Å². The van der Waals surface area contributed by atoms with Crippen molar-refractivity contribution in [3.8, 4) is 0 Å². The minimum atomic E-state index is -0.202. The molecule has 2 rings (SSSR count). The highest BCUT2D eigenvalue weighted by atomic mass is 16.2. The zero-order valence-corrected chi connectivity index (χ0v) is 15.8. The predicted molar refractivity (Wildman–Crippen MR) is 102 cm³/mol. The van der Waals surface area contributed by atoms with Crippen LogP contribution in [0, 0.1) is 13.8 Å². The van der Waals surface area contributed by atoms with Crippen LogP contribution < -0.4 is 5.32 Å². The van der Waals surface area contributed by atoms with Gasteiger partial charge in [-0.15, -0.1) is 0 Å². The van der Waals surface area contributed by atoms with Crippen LogP contribution in [-0.4, -0.2) is 39.3 Å². The highest BCUT2D eigenvalue weighted by Crippen LogP contribution is 2.15. The van der Waals surface area contributed by atoms with Gasteiger partial charge in [0.15, 0.2) is 0 Å². The van der Waals surface area contributed by atoms with Gasteiger partial charge in [-0.3, -0.25) is 14.6 Å². The number of nitrogens with one attached hydrogen (secondary N) is 1. The Labute approximate surface area is 154 Å². The van der Waals surface area contributed by atoms with E-state index in [9.17, 15) is 9.59 Å². The second-order valence-corrected chi connectivity index (χ2v) is 6.44. The van der Waals surface area contributed by atoms with Crippen LogP contribution in [0.5, 0.6) is 0 Å². The Bertz CT molecular complexity index is 762. The molecule has 0 aliphatic carbocycles. The molecular formula is C20H26N4O2. The predicted octanol–water partition coefficient (Wildman–Crippen LogP) is 3.36. The fourth-order valence-electron chi connectivity index (χ4n) is 2.56. The van der Waals surface area contributed by atoms with Gasteiger partial charge in [-0.05, 0) is 50.5 Å². The number of hydrogen-bond acceptors (Lipinski definition) is 4. The van der Waals surface area contributed by atoms with Crippen LogP contribution in [0.15, 0.2) is 36.8 Å². The number of carbonyl (C=O) groups is 2. The molecule has 26 heavy (non-hydrogen) atoms. The number of anilines is 1. The first-order valence-electron chi connectivity index (χ1n) is 8.86. The van der Waals surface area contributed by atoms with Gasteiger partial charge in [0.1, 0.15) is 5.69 Å². The molecule has 1 aromatic heterocycles. The number of aromatic nitrogens is 2.